The number of fused-ring (bicyclic) bond motifs is 1. The average Bonchev–Trinajstić information content (AvgIpc) is 3.27. The first kappa shape index (κ1) is 18.6. The van der Waals surface area contributed by atoms with Crippen LogP contribution in [0.4, 0.5) is 0 Å². The molecule has 3 aromatic rings. The van der Waals surface area contributed by atoms with Crippen molar-refractivity contribution >= 4 is 11.7 Å². The third kappa shape index (κ3) is 3.07. The number of carbonyl (C=O) groups is 1. The van der Waals surface area contributed by atoms with E-state index in [0.29, 0.717) is 13.0 Å². The van der Waals surface area contributed by atoms with Crippen LogP contribution in [0.25, 0.3) is 5.78 Å². The highest BCUT2D eigenvalue weighted by Crippen LogP contribution is 2.37. The number of carbonyl (C=O) groups excluding carboxylic acids is 1. The SMILES string of the molecule is Cc1cc(C)n2c(CNC[C@@H]3CC(=O)N(C)[C@H]3c3cnn(C)c3C)cnc2n1. The summed E-state index contributed by atoms with van der Waals surface area (Å²) < 4.78 is 3.95. The first-order valence-corrected chi connectivity index (χ1v) is 9.62. The van der Waals surface area contributed by atoms with Gasteiger partial charge in [0.1, 0.15) is 0 Å². The average molecular weight is 381 g/mol. The van der Waals surface area contributed by atoms with Gasteiger partial charge in [0.25, 0.3) is 0 Å². The highest BCUT2D eigenvalue weighted by molar-refractivity contribution is 5.79. The molecule has 4 heterocycles. The Morgan fingerprint density at radius 2 is 2.00 bits per heavy atom. The van der Waals surface area contributed by atoms with Crippen molar-refractivity contribution in [3.8, 4) is 0 Å². The lowest BCUT2D eigenvalue weighted by Gasteiger charge is -2.25. The standard InChI is InChI=1S/C20H27N7O/c1-12-6-13(2)27-16(10-22-20(27)24-12)9-21-8-15-7-18(28)25(4)19(15)17-11-23-26(5)14(17)3/h6,10-11,15,19,21H,7-9H2,1-5H3/t15-,19+/m0/s1. The lowest BCUT2D eigenvalue weighted by molar-refractivity contribution is -0.127. The zero-order chi connectivity index (χ0) is 20.0. The lowest BCUT2D eigenvalue weighted by atomic mass is 9.94. The van der Waals surface area contributed by atoms with Gasteiger partial charge in [0.05, 0.1) is 24.1 Å². The Bertz CT molecular complexity index is 1030. The molecule has 0 aliphatic carbocycles. The molecule has 4 rings (SSSR count). The maximum absolute atomic E-state index is 12.4. The summed E-state index contributed by atoms with van der Waals surface area (Å²) in [6, 6.07) is 2.12. The molecule has 1 fully saturated rings. The molecular formula is C20H27N7O. The second-order valence-corrected chi connectivity index (χ2v) is 7.78. The molecule has 0 unspecified atom stereocenters. The van der Waals surface area contributed by atoms with Crippen LogP contribution in [0.5, 0.6) is 0 Å². The monoisotopic (exact) mass is 381 g/mol. The smallest absolute Gasteiger partial charge is 0.234 e. The number of aromatic nitrogens is 5. The van der Waals surface area contributed by atoms with E-state index in [1.807, 2.05) is 43.0 Å². The summed E-state index contributed by atoms with van der Waals surface area (Å²) in [4.78, 5) is 23.2. The van der Waals surface area contributed by atoms with Gasteiger partial charge in [-0.2, -0.15) is 5.10 Å². The summed E-state index contributed by atoms with van der Waals surface area (Å²) in [6.07, 6.45) is 4.32. The molecule has 1 aliphatic rings. The third-order valence-corrected chi connectivity index (χ3v) is 5.86. The van der Waals surface area contributed by atoms with E-state index < -0.39 is 0 Å². The van der Waals surface area contributed by atoms with Gasteiger partial charge < -0.3 is 10.2 Å². The first-order chi connectivity index (χ1) is 13.4. The molecule has 1 amide bonds. The van der Waals surface area contributed by atoms with E-state index in [9.17, 15) is 4.79 Å². The van der Waals surface area contributed by atoms with Crippen LogP contribution in [0, 0.1) is 26.7 Å². The fourth-order valence-corrected chi connectivity index (χ4v) is 4.31. The van der Waals surface area contributed by atoms with Gasteiger partial charge in [0.15, 0.2) is 0 Å². The van der Waals surface area contributed by atoms with Gasteiger partial charge in [-0.05, 0) is 26.8 Å². The summed E-state index contributed by atoms with van der Waals surface area (Å²) in [5.41, 5.74) is 5.41. The number of hydrogen-bond donors (Lipinski definition) is 1. The summed E-state index contributed by atoms with van der Waals surface area (Å²) in [5.74, 6) is 1.13. The summed E-state index contributed by atoms with van der Waals surface area (Å²) in [6.45, 7) is 7.53. The van der Waals surface area contributed by atoms with Gasteiger partial charge in [-0.15, -0.1) is 0 Å². The van der Waals surface area contributed by atoms with Crippen LogP contribution < -0.4 is 5.32 Å². The van der Waals surface area contributed by atoms with Crippen molar-refractivity contribution in [1.82, 2.24) is 34.4 Å². The van der Waals surface area contributed by atoms with Crippen LogP contribution in [0.15, 0.2) is 18.5 Å². The van der Waals surface area contributed by atoms with Crippen molar-refractivity contribution in [1.29, 1.82) is 0 Å². The Kier molecular flexibility index (Phi) is 4.66. The quantitative estimate of drug-likeness (QED) is 0.728. The largest absolute Gasteiger partial charge is 0.338 e. The highest BCUT2D eigenvalue weighted by atomic mass is 16.2. The fourth-order valence-electron chi connectivity index (χ4n) is 4.31. The van der Waals surface area contributed by atoms with Crippen LogP contribution in [0.1, 0.15) is 40.8 Å². The van der Waals surface area contributed by atoms with E-state index >= 15 is 0 Å². The number of hydrogen-bond acceptors (Lipinski definition) is 5. The second-order valence-electron chi connectivity index (χ2n) is 7.78. The minimum Gasteiger partial charge on any atom is -0.338 e. The van der Waals surface area contributed by atoms with E-state index in [4.69, 9.17) is 0 Å². The topological polar surface area (TPSA) is 80.4 Å². The molecule has 0 saturated carbocycles. The zero-order valence-electron chi connectivity index (χ0n) is 17.1. The van der Waals surface area contributed by atoms with Crippen molar-refractivity contribution in [3.05, 3.63) is 46.8 Å². The predicted octanol–water partition coefficient (Wildman–Crippen LogP) is 1.70. The molecule has 8 heteroatoms. The molecule has 0 bridgehead atoms. The van der Waals surface area contributed by atoms with Crippen molar-refractivity contribution in [2.24, 2.45) is 13.0 Å². The number of nitrogens with one attached hydrogen (secondary N) is 1. The number of imidazole rings is 1. The summed E-state index contributed by atoms with van der Waals surface area (Å²) >= 11 is 0. The Hall–Kier alpha value is -2.74. The second kappa shape index (κ2) is 7.01. The molecule has 1 saturated heterocycles. The van der Waals surface area contributed by atoms with E-state index in [1.165, 1.54) is 0 Å². The predicted molar refractivity (Wildman–Crippen MR) is 106 cm³/mol. The van der Waals surface area contributed by atoms with E-state index in [-0.39, 0.29) is 17.9 Å². The summed E-state index contributed by atoms with van der Waals surface area (Å²) in [5, 5.41) is 7.90. The van der Waals surface area contributed by atoms with Gasteiger partial charge in [-0.3, -0.25) is 13.9 Å². The normalized spacial score (nSPS) is 19.9. The molecular weight excluding hydrogens is 354 g/mol. The van der Waals surface area contributed by atoms with E-state index in [1.54, 1.807) is 0 Å². The molecule has 28 heavy (non-hydrogen) atoms. The van der Waals surface area contributed by atoms with Gasteiger partial charge in [-0.1, -0.05) is 0 Å². The number of rotatable bonds is 5. The molecule has 0 radical (unpaired) electrons. The molecule has 8 nitrogen and oxygen atoms in total. The lowest BCUT2D eigenvalue weighted by Crippen LogP contribution is -2.29. The molecule has 0 spiro atoms. The van der Waals surface area contributed by atoms with Gasteiger partial charge in [0.2, 0.25) is 11.7 Å². The minimum absolute atomic E-state index is 0.0573. The third-order valence-electron chi connectivity index (χ3n) is 5.86. The highest BCUT2D eigenvalue weighted by Gasteiger charge is 2.39. The summed E-state index contributed by atoms with van der Waals surface area (Å²) in [7, 11) is 3.83. The van der Waals surface area contributed by atoms with Crippen LogP contribution in [0.3, 0.4) is 0 Å². The van der Waals surface area contributed by atoms with Crippen molar-refractivity contribution in [2.75, 3.05) is 13.6 Å². The maximum Gasteiger partial charge on any atom is 0.234 e. The molecule has 2 atom stereocenters. The van der Waals surface area contributed by atoms with Crippen LogP contribution >= 0.6 is 0 Å². The molecule has 1 aliphatic heterocycles. The number of aryl methyl sites for hydroxylation is 3. The van der Waals surface area contributed by atoms with E-state index in [2.05, 4.69) is 44.7 Å². The minimum atomic E-state index is 0.0573. The number of amides is 1. The fraction of sp³-hybridized carbons (Fsp3) is 0.500. The first-order valence-electron chi connectivity index (χ1n) is 9.62. The van der Waals surface area contributed by atoms with Crippen LogP contribution in [-0.2, 0) is 18.4 Å². The van der Waals surface area contributed by atoms with Crippen molar-refractivity contribution in [2.45, 2.75) is 39.8 Å². The van der Waals surface area contributed by atoms with E-state index in [0.717, 1.165) is 40.7 Å². The molecule has 0 aromatic carbocycles. The van der Waals surface area contributed by atoms with Crippen molar-refractivity contribution in [3.63, 3.8) is 0 Å². The Morgan fingerprint density at radius 3 is 2.71 bits per heavy atom. The number of likely N-dealkylation sites (tertiary alicyclic amines) is 1. The zero-order valence-corrected chi connectivity index (χ0v) is 17.1. The van der Waals surface area contributed by atoms with Crippen LogP contribution in [-0.4, -0.2) is 48.5 Å². The van der Waals surface area contributed by atoms with Gasteiger partial charge >= 0.3 is 0 Å². The molecule has 3 aromatic heterocycles. The van der Waals surface area contributed by atoms with Crippen LogP contribution in [0.2, 0.25) is 0 Å². The maximum atomic E-state index is 12.4. The molecule has 1 N–H and O–H groups in total. The Labute approximate surface area is 164 Å². The van der Waals surface area contributed by atoms with Gasteiger partial charge in [0, 0.05) is 62.2 Å². The Balaban J connectivity index is 1.50. The Morgan fingerprint density at radius 1 is 1.21 bits per heavy atom. The number of nitrogens with zero attached hydrogens (tertiary/aromatic N) is 6. The van der Waals surface area contributed by atoms with Crippen molar-refractivity contribution < 1.29 is 4.79 Å². The van der Waals surface area contributed by atoms with Gasteiger partial charge in [-0.25, -0.2) is 9.97 Å². The molecule has 148 valence electrons.